The van der Waals surface area contributed by atoms with E-state index in [-0.39, 0.29) is 32.2 Å². The summed E-state index contributed by atoms with van der Waals surface area (Å²) in [4.78, 5) is 100. The molecule has 6 atom stereocenters. The molecule has 10 N–H and O–H groups in total. The lowest BCUT2D eigenvalue weighted by Gasteiger charge is -2.27. The van der Waals surface area contributed by atoms with Crippen LogP contribution in [0.5, 0.6) is 0 Å². The second-order valence-electron chi connectivity index (χ2n) is 11.0. The predicted octanol–water partition coefficient (Wildman–Crippen LogP) is -3.17. The number of aliphatic carboxylic acids is 2. The number of thioether (sulfide) groups is 2. The van der Waals surface area contributed by atoms with Gasteiger partial charge in [0.25, 0.3) is 0 Å². The minimum atomic E-state index is -1.51. The Bertz CT molecular complexity index is 1160. The molecule has 1 rings (SSSR count). The highest BCUT2D eigenvalue weighted by atomic mass is 32.2. The number of hydrogen-bond acceptors (Lipinski definition) is 12. The summed E-state index contributed by atoms with van der Waals surface area (Å²) in [5.41, 5.74) is 5.82. The van der Waals surface area contributed by atoms with E-state index >= 15 is 0 Å². The van der Waals surface area contributed by atoms with Crippen LogP contribution in [0.15, 0.2) is 0 Å². The quantitative estimate of drug-likeness (QED) is 0.0533. The van der Waals surface area contributed by atoms with E-state index in [1.807, 2.05) is 0 Å². The van der Waals surface area contributed by atoms with Gasteiger partial charge in [-0.15, -0.1) is 0 Å². The van der Waals surface area contributed by atoms with Crippen molar-refractivity contribution in [2.45, 2.75) is 81.7 Å². The summed E-state index contributed by atoms with van der Waals surface area (Å²) in [5, 5.41) is 39.8. The summed E-state index contributed by atoms with van der Waals surface area (Å²) < 4.78 is 0. The molecule has 0 aliphatic carbocycles. The SMILES string of the molecule is CSCC[C@H](NC(=O)[C@H](CCSC)NC(=O)CNC(=O)[C@H](CO)NC(=O)[C@H](C)NC(=O)[C@@H]1CCCN1C(=O)[C@@H](N)CCC(=O)O)C(=O)O. The minimum Gasteiger partial charge on any atom is -0.481 e. The van der Waals surface area contributed by atoms with E-state index in [0.29, 0.717) is 24.3 Å². The maximum Gasteiger partial charge on any atom is 0.326 e. The van der Waals surface area contributed by atoms with Gasteiger partial charge in [0.2, 0.25) is 35.4 Å². The summed E-state index contributed by atoms with van der Waals surface area (Å²) in [6.07, 6.45) is 4.31. The zero-order valence-electron chi connectivity index (χ0n) is 27.2. The maximum atomic E-state index is 12.9. The number of carboxylic acids is 2. The first kappa shape index (κ1) is 42.4. The van der Waals surface area contributed by atoms with Gasteiger partial charge >= 0.3 is 11.9 Å². The Balaban J connectivity index is 2.71. The minimum absolute atomic E-state index is 0.107. The van der Waals surface area contributed by atoms with Crippen molar-refractivity contribution in [2.24, 2.45) is 5.73 Å². The van der Waals surface area contributed by atoms with Gasteiger partial charge in [0.1, 0.15) is 30.2 Å². The first-order valence-corrected chi connectivity index (χ1v) is 18.0. The second kappa shape index (κ2) is 22.1. The van der Waals surface area contributed by atoms with Crippen LogP contribution in [-0.2, 0) is 38.4 Å². The molecule has 0 radical (unpaired) electrons. The lowest BCUT2D eigenvalue weighted by molar-refractivity contribution is -0.142. The number of carboxylic acid groups (broad SMARTS) is 2. The smallest absolute Gasteiger partial charge is 0.326 e. The normalized spacial score (nSPS) is 17.2. The van der Waals surface area contributed by atoms with Crippen molar-refractivity contribution in [1.29, 1.82) is 0 Å². The highest BCUT2D eigenvalue weighted by Crippen LogP contribution is 2.19. The van der Waals surface area contributed by atoms with Crippen LogP contribution in [0.3, 0.4) is 0 Å². The molecule has 0 aromatic heterocycles. The summed E-state index contributed by atoms with van der Waals surface area (Å²) in [7, 11) is 0. The molecule has 0 bridgehead atoms. The number of hydrogen-bond donors (Lipinski definition) is 9. The van der Waals surface area contributed by atoms with Gasteiger partial charge in [-0.2, -0.15) is 23.5 Å². The number of nitrogens with two attached hydrogens (primary N) is 1. The molecule has 1 fully saturated rings. The van der Waals surface area contributed by atoms with Crippen LogP contribution in [-0.4, -0.2) is 148 Å². The van der Waals surface area contributed by atoms with Gasteiger partial charge in [-0.05, 0) is 63.0 Å². The molecule has 1 saturated heterocycles. The average molecular weight is 722 g/mol. The van der Waals surface area contributed by atoms with Crippen molar-refractivity contribution >= 4 is 70.9 Å². The molecule has 0 aromatic rings. The van der Waals surface area contributed by atoms with Crippen LogP contribution in [0.25, 0.3) is 0 Å². The number of aliphatic hydroxyl groups is 1. The molecule has 0 spiro atoms. The fourth-order valence-corrected chi connectivity index (χ4v) is 5.53. The summed E-state index contributed by atoms with van der Waals surface area (Å²) in [5.74, 6) is -5.86. The summed E-state index contributed by atoms with van der Waals surface area (Å²) in [6, 6.07) is -6.99. The third-order valence-electron chi connectivity index (χ3n) is 7.30. The number of nitrogens with one attached hydrogen (secondary N) is 5. The van der Waals surface area contributed by atoms with E-state index in [1.54, 1.807) is 12.5 Å². The first-order chi connectivity index (χ1) is 22.7. The van der Waals surface area contributed by atoms with E-state index in [0.717, 1.165) is 0 Å². The molecule has 1 aliphatic rings. The van der Waals surface area contributed by atoms with Crippen molar-refractivity contribution < 1.29 is 53.7 Å². The van der Waals surface area contributed by atoms with E-state index in [9.17, 15) is 48.6 Å². The number of amides is 6. The van der Waals surface area contributed by atoms with Crippen LogP contribution in [0.4, 0.5) is 0 Å². The topological polar surface area (TPSA) is 287 Å². The number of likely N-dealkylation sites (tertiary alicyclic amines) is 1. The van der Waals surface area contributed by atoms with Gasteiger partial charge in [0.15, 0.2) is 0 Å². The fraction of sp³-hybridized carbons (Fsp3) is 0.714. The Morgan fingerprint density at radius 3 is 2.00 bits per heavy atom. The molecular weight excluding hydrogens is 674 g/mol. The Hall–Kier alpha value is -3.62. The van der Waals surface area contributed by atoms with Gasteiger partial charge in [0.05, 0.1) is 19.2 Å². The van der Waals surface area contributed by atoms with E-state index in [4.69, 9.17) is 10.8 Å². The highest BCUT2D eigenvalue weighted by Gasteiger charge is 2.37. The van der Waals surface area contributed by atoms with Gasteiger partial charge in [-0.1, -0.05) is 0 Å². The highest BCUT2D eigenvalue weighted by molar-refractivity contribution is 7.98. The molecule has 0 aromatic carbocycles. The summed E-state index contributed by atoms with van der Waals surface area (Å²) in [6.45, 7) is 0.0606. The average Bonchev–Trinajstić information content (AvgIpc) is 3.54. The van der Waals surface area contributed by atoms with Crippen LogP contribution >= 0.6 is 23.5 Å². The number of carbonyl (C=O) groups excluding carboxylic acids is 6. The predicted molar refractivity (Wildman–Crippen MR) is 177 cm³/mol. The second-order valence-corrected chi connectivity index (χ2v) is 13.0. The van der Waals surface area contributed by atoms with E-state index in [2.05, 4.69) is 26.6 Å². The van der Waals surface area contributed by atoms with Crippen LogP contribution in [0.1, 0.15) is 45.4 Å². The van der Waals surface area contributed by atoms with Crippen LogP contribution in [0.2, 0.25) is 0 Å². The third kappa shape index (κ3) is 14.7. The van der Waals surface area contributed by atoms with Gasteiger partial charge in [0, 0.05) is 13.0 Å². The third-order valence-corrected chi connectivity index (χ3v) is 8.59. The molecule has 1 aliphatic heterocycles. The lowest BCUT2D eigenvalue weighted by atomic mass is 10.1. The number of carbonyl (C=O) groups is 8. The molecule has 48 heavy (non-hydrogen) atoms. The molecule has 0 unspecified atom stereocenters. The summed E-state index contributed by atoms with van der Waals surface area (Å²) >= 11 is 2.82. The molecule has 6 amide bonds. The molecule has 272 valence electrons. The largest absolute Gasteiger partial charge is 0.481 e. The van der Waals surface area contributed by atoms with E-state index < -0.39 is 96.8 Å². The zero-order chi connectivity index (χ0) is 36.4. The molecule has 18 nitrogen and oxygen atoms in total. The van der Waals surface area contributed by atoms with Crippen molar-refractivity contribution in [3.8, 4) is 0 Å². The van der Waals surface area contributed by atoms with Crippen molar-refractivity contribution in [3.63, 3.8) is 0 Å². The van der Waals surface area contributed by atoms with Gasteiger partial charge in [-0.3, -0.25) is 33.6 Å². The first-order valence-electron chi connectivity index (χ1n) is 15.2. The lowest BCUT2D eigenvalue weighted by Crippen LogP contribution is -2.58. The van der Waals surface area contributed by atoms with Gasteiger partial charge in [-0.25, -0.2) is 4.79 Å². The van der Waals surface area contributed by atoms with Crippen molar-refractivity contribution in [3.05, 3.63) is 0 Å². The molecule has 1 heterocycles. The van der Waals surface area contributed by atoms with Crippen LogP contribution < -0.4 is 32.3 Å². The fourth-order valence-electron chi connectivity index (χ4n) is 4.59. The standard InChI is InChI=1S/C28H47N7O11S2/c1-15(31-26(43)20-5-4-10-35(20)27(44)16(29)6-7-22(38)39)23(40)34-19(14-36)24(41)30-13-21(37)32-17(8-11-47-2)25(42)33-18(28(45)46)9-12-48-3/h15-20,36H,4-14,29H2,1-3H3,(H,30,41)(H,31,43)(H,32,37)(H,33,42)(H,34,40)(H,38,39)(H,45,46)/t15-,16-,17-,18-,19-,20-/m0/s1. The Morgan fingerprint density at radius 2 is 1.44 bits per heavy atom. The zero-order valence-corrected chi connectivity index (χ0v) is 28.8. The van der Waals surface area contributed by atoms with Crippen molar-refractivity contribution in [1.82, 2.24) is 31.5 Å². The Morgan fingerprint density at radius 1 is 0.833 bits per heavy atom. The molecule has 20 heteroatoms. The van der Waals surface area contributed by atoms with Crippen molar-refractivity contribution in [2.75, 3.05) is 43.7 Å². The Kier molecular flexibility index (Phi) is 19.5. The molecule has 0 saturated carbocycles. The maximum absolute atomic E-state index is 12.9. The van der Waals surface area contributed by atoms with Crippen LogP contribution in [0, 0.1) is 0 Å². The Labute approximate surface area is 286 Å². The number of aliphatic hydroxyl groups excluding tert-OH is 1. The molecular formula is C28H47N7O11S2. The number of nitrogens with zero attached hydrogens (tertiary/aromatic N) is 1. The number of rotatable bonds is 22. The monoisotopic (exact) mass is 721 g/mol. The van der Waals surface area contributed by atoms with E-state index in [1.165, 1.54) is 35.3 Å². The van der Waals surface area contributed by atoms with Gasteiger partial charge < -0.3 is 52.5 Å².